The maximum Gasteiger partial charge on any atom is 0.408 e. The number of halogens is 1. The number of methoxy groups -OCH3 is 1. The van der Waals surface area contributed by atoms with Gasteiger partial charge in [-0.2, -0.15) is 0 Å². The molecule has 35 heavy (non-hydrogen) atoms. The van der Waals surface area contributed by atoms with E-state index in [-0.39, 0.29) is 30.4 Å². The van der Waals surface area contributed by atoms with Crippen molar-refractivity contribution in [2.45, 2.75) is 45.8 Å². The first kappa shape index (κ1) is 27.5. The molecule has 0 heterocycles. The van der Waals surface area contributed by atoms with Gasteiger partial charge in [0.15, 0.2) is 11.5 Å². The molecule has 2 N–H and O–H groups in total. The summed E-state index contributed by atoms with van der Waals surface area (Å²) in [5, 5.41) is 5.56. The van der Waals surface area contributed by atoms with Gasteiger partial charge in [-0.1, -0.05) is 31.0 Å². The second-order valence-corrected chi connectivity index (χ2v) is 8.40. The quantitative estimate of drug-likeness (QED) is 0.447. The van der Waals surface area contributed by atoms with Gasteiger partial charge in [0.1, 0.15) is 18.5 Å². The van der Waals surface area contributed by atoms with Crippen molar-refractivity contribution in [3.63, 3.8) is 0 Å². The van der Waals surface area contributed by atoms with Crippen LogP contribution >= 0.6 is 0 Å². The number of carbonyl (C=O) groups is 2. The average Bonchev–Trinajstić information content (AvgIpc) is 2.82. The lowest BCUT2D eigenvalue weighted by Gasteiger charge is -2.25. The fraction of sp³-hybridized carbons (Fsp3) is 0.407. The molecule has 0 aliphatic heterocycles. The fourth-order valence-corrected chi connectivity index (χ4v) is 3.50. The van der Waals surface area contributed by atoms with Gasteiger partial charge >= 0.3 is 6.09 Å². The van der Waals surface area contributed by atoms with Crippen molar-refractivity contribution in [3.8, 4) is 23.8 Å². The highest BCUT2D eigenvalue weighted by atomic mass is 19.1. The maximum absolute atomic E-state index is 13.2. The molecule has 0 radical (unpaired) electrons. The van der Waals surface area contributed by atoms with Gasteiger partial charge in [-0.05, 0) is 68.0 Å². The van der Waals surface area contributed by atoms with Crippen LogP contribution in [0.3, 0.4) is 0 Å². The molecule has 0 aromatic heterocycles. The number of terminal acetylenes is 1. The molecule has 2 amide bonds. The fourth-order valence-electron chi connectivity index (χ4n) is 3.50. The number of hydrogen-bond donors (Lipinski definition) is 2. The van der Waals surface area contributed by atoms with Crippen LogP contribution in [0.5, 0.6) is 11.5 Å². The monoisotopic (exact) mass is 484 g/mol. The van der Waals surface area contributed by atoms with E-state index in [1.54, 1.807) is 39.2 Å². The summed E-state index contributed by atoms with van der Waals surface area (Å²) >= 11 is 0. The number of hydrogen-bond acceptors (Lipinski definition) is 5. The average molecular weight is 485 g/mol. The van der Waals surface area contributed by atoms with Gasteiger partial charge in [-0.15, -0.1) is 6.42 Å². The SMILES string of the molecule is C#CCOc1ccc(CCNC(=O)[C@@H](NC(=O)OC(C)C)[C@H](C)Cc2ccc(F)cc2)cc1OC. The molecule has 0 unspecified atom stereocenters. The summed E-state index contributed by atoms with van der Waals surface area (Å²) in [6.07, 6.45) is 5.25. The van der Waals surface area contributed by atoms with E-state index >= 15 is 0 Å². The van der Waals surface area contributed by atoms with Crippen LogP contribution in [-0.4, -0.2) is 44.4 Å². The smallest absolute Gasteiger partial charge is 0.408 e. The number of benzene rings is 2. The van der Waals surface area contributed by atoms with Crippen LogP contribution in [0, 0.1) is 24.1 Å². The molecule has 8 heteroatoms. The van der Waals surface area contributed by atoms with Crippen molar-refractivity contribution in [1.82, 2.24) is 10.6 Å². The molecule has 0 bridgehead atoms. The highest BCUT2D eigenvalue weighted by molar-refractivity contribution is 5.86. The summed E-state index contributed by atoms with van der Waals surface area (Å²) in [4.78, 5) is 25.3. The normalized spacial score (nSPS) is 12.3. The van der Waals surface area contributed by atoms with Crippen LogP contribution in [0.4, 0.5) is 9.18 Å². The van der Waals surface area contributed by atoms with E-state index < -0.39 is 12.1 Å². The molecule has 2 aromatic carbocycles. The van der Waals surface area contributed by atoms with Crippen molar-refractivity contribution >= 4 is 12.0 Å². The van der Waals surface area contributed by atoms with Crippen molar-refractivity contribution in [2.75, 3.05) is 20.3 Å². The molecule has 2 rings (SSSR count). The number of nitrogens with one attached hydrogen (secondary N) is 2. The Morgan fingerprint density at radius 3 is 2.37 bits per heavy atom. The Bertz CT molecular complexity index is 1020. The lowest BCUT2D eigenvalue weighted by molar-refractivity contribution is -0.124. The number of rotatable bonds is 12. The van der Waals surface area contributed by atoms with Crippen LogP contribution in [0.15, 0.2) is 42.5 Å². The first-order valence-electron chi connectivity index (χ1n) is 11.5. The van der Waals surface area contributed by atoms with Crippen molar-refractivity contribution in [2.24, 2.45) is 5.92 Å². The molecular weight excluding hydrogens is 451 g/mol. The zero-order valence-corrected chi connectivity index (χ0v) is 20.6. The topological polar surface area (TPSA) is 85.9 Å². The summed E-state index contributed by atoms with van der Waals surface area (Å²) in [7, 11) is 1.54. The van der Waals surface area contributed by atoms with Gasteiger partial charge in [-0.3, -0.25) is 4.79 Å². The van der Waals surface area contributed by atoms with Gasteiger partial charge in [0, 0.05) is 6.54 Å². The predicted octanol–water partition coefficient (Wildman–Crippen LogP) is 3.89. The zero-order valence-electron chi connectivity index (χ0n) is 20.6. The molecule has 0 saturated carbocycles. The lowest BCUT2D eigenvalue weighted by atomic mass is 9.93. The molecular formula is C27H33FN2O5. The maximum atomic E-state index is 13.2. The van der Waals surface area contributed by atoms with Gasteiger partial charge in [0.05, 0.1) is 13.2 Å². The third-order valence-electron chi connectivity index (χ3n) is 5.19. The Labute approximate surface area is 206 Å². The predicted molar refractivity (Wildman–Crippen MR) is 132 cm³/mol. The Kier molecular flexibility index (Phi) is 10.9. The lowest BCUT2D eigenvalue weighted by Crippen LogP contribution is -2.51. The van der Waals surface area contributed by atoms with E-state index in [4.69, 9.17) is 20.6 Å². The van der Waals surface area contributed by atoms with Gasteiger partial charge in [0.2, 0.25) is 5.91 Å². The second-order valence-electron chi connectivity index (χ2n) is 8.40. The number of ether oxygens (including phenoxy) is 3. The van der Waals surface area contributed by atoms with Crippen LogP contribution < -0.4 is 20.1 Å². The molecule has 0 aliphatic rings. The Balaban J connectivity index is 2.03. The zero-order chi connectivity index (χ0) is 25.8. The number of amides is 2. The van der Waals surface area contributed by atoms with Gasteiger partial charge in [0.25, 0.3) is 0 Å². The standard InChI is InChI=1S/C27H33FN2O5/c1-6-15-34-23-12-9-21(17-24(23)33-5)13-14-29-26(31)25(30-27(32)35-18(2)3)19(4)16-20-7-10-22(28)11-8-20/h1,7-12,17-19,25H,13-16H2,2-5H3,(H,29,31)(H,30,32)/t19-,25+/m1/s1. The van der Waals surface area contributed by atoms with Gasteiger partial charge in [-0.25, -0.2) is 9.18 Å². The molecule has 0 aliphatic carbocycles. The van der Waals surface area contributed by atoms with Crippen LogP contribution in [0.25, 0.3) is 0 Å². The first-order chi connectivity index (χ1) is 16.7. The summed E-state index contributed by atoms with van der Waals surface area (Å²) in [5.74, 6) is 2.57. The Hall–Kier alpha value is -3.73. The van der Waals surface area contributed by atoms with E-state index in [1.165, 1.54) is 12.1 Å². The van der Waals surface area contributed by atoms with Gasteiger partial charge < -0.3 is 24.8 Å². The highest BCUT2D eigenvalue weighted by Crippen LogP contribution is 2.28. The summed E-state index contributed by atoms with van der Waals surface area (Å²) in [5.41, 5.74) is 1.79. The molecule has 2 aromatic rings. The van der Waals surface area contributed by atoms with Crippen LogP contribution in [-0.2, 0) is 22.4 Å². The second kappa shape index (κ2) is 13.9. The van der Waals surface area contributed by atoms with Crippen molar-refractivity contribution < 1.29 is 28.2 Å². The van der Waals surface area contributed by atoms with E-state index in [2.05, 4.69) is 16.6 Å². The minimum absolute atomic E-state index is 0.134. The summed E-state index contributed by atoms with van der Waals surface area (Å²) in [6.45, 7) is 5.78. The molecule has 2 atom stereocenters. The third kappa shape index (κ3) is 9.20. The third-order valence-corrected chi connectivity index (χ3v) is 5.19. The van der Waals surface area contributed by atoms with Crippen LogP contribution in [0.2, 0.25) is 0 Å². The van der Waals surface area contributed by atoms with Crippen molar-refractivity contribution in [3.05, 3.63) is 59.4 Å². The number of carbonyl (C=O) groups excluding carboxylic acids is 2. The molecule has 188 valence electrons. The molecule has 7 nitrogen and oxygen atoms in total. The number of alkyl carbamates (subject to hydrolysis) is 1. The minimum atomic E-state index is -0.833. The Morgan fingerprint density at radius 1 is 1.06 bits per heavy atom. The Morgan fingerprint density at radius 2 is 1.74 bits per heavy atom. The van der Waals surface area contributed by atoms with E-state index in [0.29, 0.717) is 30.9 Å². The molecule has 0 saturated heterocycles. The van der Waals surface area contributed by atoms with E-state index in [1.807, 2.05) is 19.1 Å². The largest absolute Gasteiger partial charge is 0.493 e. The summed E-state index contributed by atoms with van der Waals surface area (Å²) in [6, 6.07) is 10.7. The molecule has 0 spiro atoms. The van der Waals surface area contributed by atoms with E-state index in [0.717, 1.165) is 11.1 Å². The highest BCUT2D eigenvalue weighted by Gasteiger charge is 2.28. The van der Waals surface area contributed by atoms with Crippen LogP contribution in [0.1, 0.15) is 31.9 Å². The minimum Gasteiger partial charge on any atom is -0.493 e. The first-order valence-corrected chi connectivity index (χ1v) is 11.5. The summed E-state index contributed by atoms with van der Waals surface area (Å²) < 4.78 is 29.2. The molecule has 0 fully saturated rings. The van der Waals surface area contributed by atoms with Crippen molar-refractivity contribution in [1.29, 1.82) is 0 Å². The van der Waals surface area contributed by atoms with E-state index in [9.17, 15) is 14.0 Å².